The number of aryl methyl sites for hydroxylation is 2. The standard InChI is InChI=1S/C24H27N5O2/c1-17-14-18(2)29(27-17)16-21(30)28-11-9-24(10-12-28)22-20(8-13-31-24)15-25-23(26-22)19-6-4-3-5-7-19/h3-7,14-15H,8-13,16H2,1-2H3. The lowest BCUT2D eigenvalue weighted by Crippen LogP contribution is -2.49. The molecule has 0 N–H and O–H groups in total. The summed E-state index contributed by atoms with van der Waals surface area (Å²) in [7, 11) is 0. The summed E-state index contributed by atoms with van der Waals surface area (Å²) in [6.45, 7) is 6.19. The van der Waals surface area contributed by atoms with Gasteiger partial charge in [-0.3, -0.25) is 9.48 Å². The Bertz CT molecular complexity index is 1100. The molecule has 31 heavy (non-hydrogen) atoms. The minimum atomic E-state index is -0.435. The van der Waals surface area contributed by atoms with Gasteiger partial charge >= 0.3 is 0 Å². The van der Waals surface area contributed by atoms with Crippen LogP contribution in [0, 0.1) is 13.8 Å². The Morgan fingerprint density at radius 2 is 1.94 bits per heavy atom. The van der Waals surface area contributed by atoms with E-state index < -0.39 is 5.60 Å². The van der Waals surface area contributed by atoms with Gasteiger partial charge in [0, 0.05) is 30.5 Å². The highest BCUT2D eigenvalue weighted by Crippen LogP contribution is 2.41. The van der Waals surface area contributed by atoms with Gasteiger partial charge in [0.2, 0.25) is 5.91 Å². The van der Waals surface area contributed by atoms with Crippen LogP contribution < -0.4 is 0 Å². The van der Waals surface area contributed by atoms with Crippen molar-refractivity contribution in [2.45, 2.75) is 45.3 Å². The van der Waals surface area contributed by atoms with E-state index in [9.17, 15) is 4.79 Å². The summed E-state index contributed by atoms with van der Waals surface area (Å²) in [4.78, 5) is 24.4. The summed E-state index contributed by atoms with van der Waals surface area (Å²) in [6, 6.07) is 12.0. The van der Waals surface area contributed by atoms with Crippen LogP contribution >= 0.6 is 0 Å². The molecule has 0 atom stereocenters. The number of benzene rings is 1. The smallest absolute Gasteiger partial charge is 0.244 e. The predicted molar refractivity (Wildman–Crippen MR) is 116 cm³/mol. The quantitative estimate of drug-likeness (QED) is 0.655. The number of rotatable bonds is 3. The number of hydrogen-bond acceptors (Lipinski definition) is 5. The molecule has 0 saturated carbocycles. The monoisotopic (exact) mass is 417 g/mol. The van der Waals surface area contributed by atoms with Gasteiger partial charge in [-0.05, 0) is 44.7 Å². The highest BCUT2D eigenvalue weighted by molar-refractivity contribution is 5.76. The average molecular weight is 418 g/mol. The van der Waals surface area contributed by atoms with Crippen molar-refractivity contribution in [3.05, 3.63) is 65.2 Å². The van der Waals surface area contributed by atoms with Crippen molar-refractivity contribution in [1.29, 1.82) is 0 Å². The van der Waals surface area contributed by atoms with E-state index in [-0.39, 0.29) is 12.5 Å². The van der Waals surface area contributed by atoms with Crippen LogP contribution in [0.1, 0.15) is 35.5 Å². The van der Waals surface area contributed by atoms with Gasteiger partial charge in [0.15, 0.2) is 5.82 Å². The van der Waals surface area contributed by atoms with Crippen molar-refractivity contribution in [2.75, 3.05) is 19.7 Å². The normalized spacial score (nSPS) is 17.5. The fourth-order valence-electron chi connectivity index (χ4n) is 4.70. The Balaban J connectivity index is 1.35. The summed E-state index contributed by atoms with van der Waals surface area (Å²) < 4.78 is 8.13. The van der Waals surface area contributed by atoms with Gasteiger partial charge in [0.05, 0.1) is 18.0 Å². The highest BCUT2D eigenvalue weighted by Gasteiger charge is 2.43. The number of carbonyl (C=O) groups excluding carboxylic acids is 1. The number of fused-ring (bicyclic) bond motifs is 2. The Kier molecular flexibility index (Phi) is 5.06. The lowest BCUT2D eigenvalue weighted by Gasteiger charge is -2.44. The first-order chi connectivity index (χ1) is 15.0. The highest BCUT2D eigenvalue weighted by atomic mass is 16.5. The average Bonchev–Trinajstić information content (AvgIpc) is 3.11. The van der Waals surface area contributed by atoms with Crippen LogP contribution in [0.4, 0.5) is 0 Å². The summed E-state index contributed by atoms with van der Waals surface area (Å²) in [6.07, 6.45) is 4.27. The zero-order valence-corrected chi connectivity index (χ0v) is 18.0. The molecular weight excluding hydrogens is 390 g/mol. The maximum atomic E-state index is 12.9. The third-order valence-electron chi connectivity index (χ3n) is 6.39. The summed E-state index contributed by atoms with van der Waals surface area (Å²) in [5.74, 6) is 0.831. The van der Waals surface area contributed by atoms with E-state index >= 15 is 0 Å². The van der Waals surface area contributed by atoms with E-state index in [1.165, 1.54) is 0 Å². The Morgan fingerprint density at radius 3 is 2.65 bits per heavy atom. The predicted octanol–water partition coefficient (Wildman–Crippen LogP) is 3.05. The fourth-order valence-corrected chi connectivity index (χ4v) is 4.70. The summed E-state index contributed by atoms with van der Waals surface area (Å²) in [5.41, 5.74) is 4.67. The van der Waals surface area contributed by atoms with Crippen molar-refractivity contribution in [3.8, 4) is 11.4 Å². The van der Waals surface area contributed by atoms with Crippen LogP contribution in [0.25, 0.3) is 11.4 Å². The van der Waals surface area contributed by atoms with Crippen molar-refractivity contribution < 1.29 is 9.53 Å². The molecule has 1 aromatic carbocycles. The lowest BCUT2D eigenvalue weighted by molar-refractivity contribution is -0.142. The van der Waals surface area contributed by atoms with Crippen molar-refractivity contribution >= 4 is 5.91 Å². The maximum absolute atomic E-state index is 12.9. The number of piperidine rings is 1. The zero-order chi connectivity index (χ0) is 21.4. The van der Waals surface area contributed by atoms with Crippen LogP contribution in [0.15, 0.2) is 42.6 Å². The molecule has 2 aliphatic rings. The SMILES string of the molecule is Cc1cc(C)n(CC(=O)N2CCC3(CC2)OCCc2cnc(-c4ccccc4)nc23)n1. The van der Waals surface area contributed by atoms with Crippen LogP contribution in [0.3, 0.4) is 0 Å². The van der Waals surface area contributed by atoms with Crippen LogP contribution in [0.5, 0.6) is 0 Å². The second kappa shape index (κ2) is 7.89. The molecule has 160 valence electrons. The number of aromatic nitrogens is 4. The van der Waals surface area contributed by atoms with Crippen molar-refractivity contribution in [1.82, 2.24) is 24.6 Å². The first-order valence-corrected chi connectivity index (χ1v) is 10.9. The van der Waals surface area contributed by atoms with E-state index in [4.69, 9.17) is 9.72 Å². The van der Waals surface area contributed by atoms with E-state index in [2.05, 4.69) is 10.1 Å². The molecule has 0 aliphatic carbocycles. The third kappa shape index (κ3) is 3.74. The second-order valence-corrected chi connectivity index (χ2v) is 8.49. The molecule has 0 unspecified atom stereocenters. The Hall–Kier alpha value is -3.06. The van der Waals surface area contributed by atoms with Gasteiger partial charge in [-0.25, -0.2) is 9.97 Å². The molecule has 1 amide bonds. The van der Waals surface area contributed by atoms with E-state index in [1.54, 1.807) is 4.68 Å². The van der Waals surface area contributed by atoms with E-state index in [0.29, 0.717) is 19.7 Å². The molecule has 7 nitrogen and oxygen atoms in total. The van der Waals surface area contributed by atoms with Crippen LogP contribution in [-0.4, -0.2) is 50.3 Å². The molecule has 1 spiro atoms. The van der Waals surface area contributed by atoms with E-state index in [1.807, 2.05) is 61.3 Å². The van der Waals surface area contributed by atoms with Crippen LogP contribution in [0.2, 0.25) is 0 Å². The minimum absolute atomic E-state index is 0.102. The molecule has 4 heterocycles. The molecule has 7 heteroatoms. The molecule has 1 saturated heterocycles. The number of hydrogen-bond donors (Lipinski definition) is 0. The van der Waals surface area contributed by atoms with Gasteiger partial charge in [0.25, 0.3) is 0 Å². The topological polar surface area (TPSA) is 73.1 Å². The van der Waals surface area contributed by atoms with Gasteiger partial charge in [-0.1, -0.05) is 30.3 Å². The Labute approximate surface area is 182 Å². The van der Waals surface area contributed by atoms with Crippen molar-refractivity contribution in [3.63, 3.8) is 0 Å². The fraction of sp³-hybridized carbons (Fsp3) is 0.417. The van der Waals surface area contributed by atoms with E-state index in [0.717, 1.165) is 53.3 Å². The first kappa shape index (κ1) is 19.9. The minimum Gasteiger partial charge on any atom is -0.368 e. The first-order valence-electron chi connectivity index (χ1n) is 10.9. The summed E-state index contributed by atoms with van der Waals surface area (Å²) >= 11 is 0. The molecule has 5 rings (SSSR count). The molecule has 2 aromatic heterocycles. The number of amides is 1. The molecule has 1 fully saturated rings. The molecule has 0 radical (unpaired) electrons. The molecular formula is C24H27N5O2. The number of ether oxygens (including phenoxy) is 1. The lowest BCUT2D eigenvalue weighted by atomic mass is 9.83. The maximum Gasteiger partial charge on any atom is 0.244 e. The van der Waals surface area contributed by atoms with Gasteiger partial charge in [0.1, 0.15) is 12.1 Å². The number of likely N-dealkylation sites (tertiary alicyclic amines) is 1. The molecule has 0 bridgehead atoms. The molecule has 3 aromatic rings. The van der Waals surface area contributed by atoms with Crippen molar-refractivity contribution in [2.24, 2.45) is 0 Å². The number of nitrogens with zero attached hydrogens (tertiary/aromatic N) is 5. The second-order valence-electron chi connectivity index (χ2n) is 8.49. The Morgan fingerprint density at radius 1 is 1.16 bits per heavy atom. The number of carbonyl (C=O) groups is 1. The summed E-state index contributed by atoms with van der Waals surface area (Å²) in [5, 5.41) is 4.42. The van der Waals surface area contributed by atoms with Gasteiger partial charge in [-0.15, -0.1) is 0 Å². The molecule has 2 aliphatic heterocycles. The van der Waals surface area contributed by atoms with Crippen LogP contribution in [-0.2, 0) is 28.1 Å². The third-order valence-corrected chi connectivity index (χ3v) is 6.39. The van der Waals surface area contributed by atoms with Gasteiger partial charge < -0.3 is 9.64 Å². The largest absolute Gasteiger partial charge is 0.368 e. The zero-order valence-electron chi connectivity index (χ0n) is 18.0. The van der Waals surface area contributed by atoms with Gasteiger partial charge in [-0.2, -0.15) is 5.10 Å².